The molecule has 0 aliphatic rings. The summed E-state index contributed by atoms with van der Waals surface area (Å²) in [7, 11) is 0.620. The van der Waals surface area contributed by atoms with Crippen LogP contribution in [0.5, 0.6) is 0 Å². The fourth-order valence-electron chi connectivity index (χ4n) is 0.834. The molecule has 0 unspecified atom stereocenters. The summed E-state index contributed by atoms with van der Waals surface area (Å²) in [5.41, 5.74) is 1.20. The SMILES string of the molecule is C=CBOCc1ccccc1. The molecule has 1 nitrogen and oxygen atoms in total. The van der Waals surface area contributed by atoms with Gasteiger partial charge in [0, 0.05) is 0 Å². The lowest BCUT2D eigenvalue weighted by Crippen LogP contribution is -1.94. The Balaban J connectivity index is 2.33. The van der Waals surface area contributed by atoms with Crippen LogP contribution in [0.1, 0.15) is 5.56 Å². The summed E-state index contributed by atoms with van der Waals surface area (Å²) in [6, 6.07) is 10.1. The maximum Gasteiger partial charge on any atom is 0.301 e. The molecular formula is C9H11BO. The molecule has 56 valence electrons. The zero-order valence-corrected chi connectivity index (χ0v) is 6.49. The van der Waals surface area contributed by atoms with Crippen LogP contribution in [-0.4, -0.2) is 7.48 Å². The van der Waals surface area contributed by atoms with Crippen molar-refractivity contribution in [2.24, 2.45) is 0 Å². The molecule has 0 amide bonds. The third-order valence-electron chi connectivity index (χ3n) is 1.35. The third kappa shape index (κ3) is 3.05. The Bertz CT molecular complexity index is 208. The summed E-state index contributed by atoms with van der Waals surface area (Å²) in [4.78, 5) is 0. The number of hydrogen-bond donors (Lipinski definition) is 0. The van der Waals surface area contributed by atoms with Gasteiger partial charge in [-0.1, -0.05) is 36.3 Å². The van der Waals surface area contributed by atoms with Crippen molar-refractivity contribution in [1.82, 2.24) is 0 Å². The molecular weight excluding hydrogens is 135 g/mol. The summed E-state index contributed by atoms with van der Waals surface area (Å²) in [6.07, 6.45) is 0. The molecule has 0 bridgehead atoms. The lowest BCUT2D eigenvalue weighted by atomic mass is 10.0. The van der Waals surface area contributed by atoms with Crippen molar-refractivity contribution >= 4 is 7.48 Å². The van der Waals surface area contributed by atoms with Gasteiger partial charge in [-0.05, 0) is 5.56 Å². The van der Waals surface area contributed by atoms with Crippen LogP contribution in [0.3, 0.4) is 0 Å². The largest absolute Gasteiger partial charge is 0.431 e. The van der Waals surface area contributed by atoms with Crippen LogP contribution < -0.4 is 0 Å². The molecule has 1 aromatic carbocycles. The van der Waals surface area contributed by atoms with E-state index in [1.807, 2.05) is 30.3 Å². The highest BCUT2D eigenvalue weighted by molar-refractivity contribution is 6.33. The van der Waals surface area contributed by atoms with E-state index >= 15 is 0 Å². The molecule has 0 fully saturated rings. The first-order chi connectivity index (χ1) is 5.43. The minimum Gasteiger partial charge on any atom is -0.431 e. The number of hydrogen-bond acceptors (Lipinski definition) is 1. The molecule has 0 radical (unpaired) electrons. The van der Waals surface area contributed by atoms with Crippen LogP contribution in [-0.2, 0) is 11.3 Å². The molecule has 0 aliphatic heterocycles. The van der Waals surface area contributed by atoms with E-state index in [-0.39, 0.29) is 0 Å². The summed E-state index contributed by atoms with van der Waals surface area (Å²) in [5, 5.41) is 0. The number of benzene rings is 1. The van der Waals surface area contributed by atoms with Gasteiger partial charge in [0.2, 0.25) is 0 Å². The maximum atomic E-state index is 5.25. The Morgan fingerprint density at radius 3 is 2.73 bits per heavy atom. The van der Waals surface area contributed by atoms with Crippen LogP contribution in [0.2, 0.25) is 0 Å². The lowest BCUT2D eigenvalue weighted by Gasteiger charge is -1.99. The van der Waals surface area contributed by atoms with E-state index in [0.29, 0.717) is 14.1 Å². The second-order valence-electron chi connectivity index (χ2n) is 2.29. The molecule has 0 atom stereocenters. The quantitative estimate of drug-likeness (QED) is 0.464. The van der Waals surface area contributed by atoms with Crippen molar-refractivity contribution in [2.75, 3.05) is 0 Å². The van der Waals surface area contributed by atoms with Crippen molar-refractivity contribution in [2.45, 2.75) is 6.61 Å². The minimum absolute atomic E-state index is 0.620. The normalized spacial score (nSPS) is 9.09. The van der Waals surface area contributed by atoms with Crippen LogP contribution in [0, 0.1) is 0 Å². The van der Waals surface area contributed by atoms with E-state index in [1.165, 1.54) is 5.56 Å². The average Bonchev–Trinajstić information content (AvgIpc) is 2.07. The minimum atomic E-state index is 0.620. The molecule has 0 saturated carbocycles. The van der Waals surface area contributed by atoms with Gasteiger partial charge in [-0.25, -0.2) is 0 Å². The Morgan fingerprint density at radius 1 is 1.36 bits per heavy atom. The van der Waals surface area contributed by atoms with Gasteiger partial charge in [-0.3, -0.25) is 0 Å². The fraction of sp³-hybridized carbons (Fsp3) is 0.111. The predicted molar refractivity (Wildman–Crippen MR) is 48.6 cm³/mol. The lowest BCUT2D eigenvalue weighted by molar-refractivity contribution is 0.330. The molecule has 0 aliphatic carbocycles. The highest BCUT2D eigenvalue weighted by atomic mass is 16.4. The van der Waals surface area contributed by atoms with Crippen molar-refractivity contribution < 1.29 is 4.65 Å². The average molecular weight is 146 g/mol. The fourth-order valence-corrected chi connectivity index (χ4v) is 0.834. The van der Waals surface area contributed by atoms with Gasteiger partial charge in [0.15, 0.2) is 0 Å². The molecule has 0 saturated heterocycles. The molecule has 0 heterocycles. The molecule has 0 aromatic heterocycles. The van der Waals surface area contributed by atoms with E-state index < -0.39 is 0 Å². The van der Waals surface area contributed by atoms with Gasteiger partial charge in [0.25, 0.3) is 0 Å². The van der Waals surface area contributed by atoms with E-state index in [2.05, 4.69) is 6.58 Å². The Labute approximate surface area is 68.0 Å². The molecule has 2 heteroatoms. The van der Waals surface area contributed by atoms with Gasteiger partial charge in [0.05, 0.1) is 6.61 Å². The van der Waals surface area contributed by atoms with Gasteiger partial charge in [0.1, 0.15) is 0 Å². The first-order valence-electron chi connectivity index (χ1n) is 3.66. The van der Waals surface area contributed by atoms with Gasteiger partial charge in [-0.15, -0.1) is 6.58 Å². The summed E-state index contributed by atoms with van der Waals surface area (Å²) in [5.74, 6) is 1.75. The summed E-state index contributed by atoms with van der Waals surface area (Å²) >= 11 is 0. The smallest absolute Gasteiger partial charge is 0.301 e. The Morgan fingerprint density at radius 2 is 2.09 bits per heavy atom. The van der Waals surface area contributed by atoms with Crippen molar-refractivity contribution in [3.05, 3.63) is 48.4 Å². The first kappa shape index (κ1) is 8.09. The van der Waals surface area contributed by atoms with Crippen LogP contribution in [0.15, 0.2) is 42.9 Å². The molecule has 1 rings (SSSR count). The van der Waals surface area contributed by atoms with Crippen LogP contribution in [0.4, 0.5) is 0 Å². The van der Waals surface area contributed by atoms with E-state index in [1.54, 1.807) is 5.98 Å². The predicted octanol–water partition coefficient (Wildman–Crippen LogP) is 1.70. The second-order valence-corrected chi connectivity index (χ2v) is 2.29. The highest BCUT2D eigenvalue weighted by Crippen LogP contribution is 1.99. The van der Waals surface area contributed by atoms with E-state index in [4.69, 9.17) is 4.65 Å². The molecule has 0 N–H and O–H groups in total. The molecule has 0 spiro atoms. The van der Waals surface area contributed by atoms with Gasteiger partial charge >= 0.3 is 7.48 Å². The number of rotatable bonds is 4. The maximum absolute atomic E-state index is 5.25. The van der Waals surface area contributed by atoms with E-state index in [9.17, 15) is 0 Å². The van der Waals surface area contributed by atoms with Crippen LogP contribution >= 0.6 is 0 Å². The van der Waals surface area contributed by atoms with Crippen molar-refractivity contribution in [1.29, 1.82) is 0 Å². The zero-order valence-electron chi connectivity index (χ0n) is 6.49. The summed E-state index contributed by atoms with van der Waals surface area (Å²) < 4.78 is 5.25. The van der Waals surface area contributed by atoms with Crippen molar-refractivity contribution in [3.8, 4) is 0 Å². The molecule has 11 heavy (non-hydrogen) atoms. The zero-order chi connectivity index (χ0) is 7.94. The standard InChI is InChI=1S/C9H11BO/c1-2-10-11-8-9-6-4-3-5-7-9/h2-7,10H,1,8H2. The molecule has 1 aromatic rings. The highest BCUT2D eigenvalue weighted by Gasteiger charge is 1.88. The Kier molecular flexibility index (Phi) is 3.49. The Hall–Kier alpha value is -1.02. The first-order valence-corrected chi connectivity index (χ1v) is 3.66. The van der Waals surface area contributed by atoms with Gasteiger partial charge in [-0.2, -0.15) is 0 Å². The van der Waals surface area contributed by atoms with Crippen LogP contribution in [0.25, 0.3) is 0 Å². The van der Waals surface area contributed by atoms with Crippen molar-refractivity contribution in [3.63, 3.8) is 0 Å². The second kappa shape index (κ2) is 4.75. The summed E-state index contributed by atoms with van der Waals surface area (Å²) in [6.45, 7) is 4.24. The topological polar surface area (TPSA) is 9.23 Å². The monoisotopic (exact) mass is 146 g/mol. The third-order valence-corrected chi connectivity index (χ3v) is 1.35. The van der Waals surface area contributed by atoms with E-state index in [0.717, 1.165) is 0 Å². The van der Waals surface area contributed by atoms with Gasteiger partial charge < -0.3 is 4.65 Å².